The van der Waals surface area contributed by atoms with Crippen LogP contribution in [-0.2, 0) is 16.1 Å². The maximum absolute atomic E-state index is 12.0. The van der Waals surface area contributed by atoms with E-state index in [2.05, 4.69) is 5.32 Å². The molecule has 0 aliphatic rings. The van der Waals surface area contributed by atoms with Gasteiger partial charge in [0.1, 0.15) is 12.4 Å². The van der Waals surface area contributed by atoms with Gasteiger partial charge in [0, 0.05) is 0 Å². The first-order chi connectivity index (χ1) is 13.6. The molecule has 0 saturated carbocycles. The van der Waals surface area contributed by atoms with Crippen LogP contribution in [0.1, 0.15) is 25.6 Å². The number of esters is 1. The molecular formula is C21H17NO5S. The number of imide groups is 1. The fourth-order valence-corrected chi connectivity index (χ4v) is 2.89. The number of nitrogens with one attached hydrogen (secondary N) is 1. The Morgan fingerprint density at radius 1 is 0.893 bits per heavy atom. The zero-order chi connectivity index (χ0) is 19.8. The highest BCUT2D eigenvalue weighted by molar-refractivity contribution is 7.12. The molecule has 3 aromatic rings. The summed E-state index contributed by atoms with van der Waals surface area (Å²) in [5.41, 5.74) is 1.32. The minimum absolute atomic E-state index is 0.282. The average molecular weight is 395 g/mol. The summed E-state index contributed by atoms with van der Waals surface area (Å²) in [6.45, 7) is -0.120. The molecule has 0 aliphatic heterocycles. The van der Waals surface area contributed by atoms with Crippen molar-refractivity contribution in [2.24, 2.45) is 0 Å². The van der Waals surface area contributed by atoms with Gasteiger partial charge in [0.25, 0.3) is 11.8 Å². The Kier molecular flexibility index (Phi) is 6.54. The number of amides is 2. The van der Waals surface area contributed by atoms with Gasteiger partial charge < -0.3 is 9.47 Å². The smallest absolute Gasteiger partial charge is 0.338 e. The van der Waals surface area contributed by atoms with Gasteiger partial charge in [-0.1, -0.05) is 36.4 Å². The van der Waals surface area contributed by atoms with Gasteiger partial charge in [-0.25, -0.2) is 4.79 Å². The highest BCUT2D eigenvalue weighted by Gasteiger charge is 2.14. The number of hydrogen-bond donors (Lipinski definition) is 1. The van der Waals surface area contributed by atoms with Crippen molar-refractivity contribution in [3.05, 3.63) is 88.1 Å². The molecule has 7 heteroatoms. The lowest BCUT2D eigenvalue weighted by Gasteiger charge is -2.08. The van der Waals surface area contributed by atoms with Crippen LogP contribution in [0.15, 0.2) is 72.1 Å². The fourth-order valence-electron chi connectivity index (χ4n) is 2.27. The van der Waals surface area contributed by atoms with Gasteiger partial charge >= 0.3 is 5.97 Å². The summed E-state index contributed by atoms with van der Waals surface area (Å²) >= 11 is 1.21. The summed E-state index contributed by atoms with van der Waals surface area (Å²) in [6, 6.07) is 19.4. The number of ether oxygens (including phenoxy) is 2. The second-order valence-corrected chi connectivity index (χ2v) is 6.68. The number of carbonyl (C=O) groups excluding carboxylic acids is 3. The van der Waals surface area contributed by atoms with Crippen LogP contribution in [0.5, 0.6) is 5.75 Å². The van der Waals surface area contributed by atoms with Crippen LogP contribution in [-0.4, -0.2) is 24.4 Å². The van der Waals surface area contributed by atoms with Crippen molar-refractivity contribution in [2.45, 2.75) is 6.61 Å². The Morgan fingerprint density at radius 2 is 1.64 bits per heavy atom. The largest absolute Gasteiger partial charge is 0.489 e. The van der Waals surface area contributed by atoms with Gasteiger partial charge in [0.05, 0.1) is 10.4 Å². The molecular weight excluding hydrogens is 378 g/mol. The molecule has 0 unspecified atom stereocenters. The lowest BCUT2D eigenvalue weighted by atomic mass is 10.2. The van der Waals surface area contributed by atoms with Gasteiger partial charge in [-0.3, -0.25) is 14.9 Å². The SMILES string of the molecule is O=C(COC(=O)c1ccc(OCc2ccccc2)cc1)NC(=O)c1cccs1. The summed E-state index contributed by atoms with van der Waals surface area (Å²) in [5, 5.41) is 3.89. The maximum Gasteiger partial charge on any atom is 0.338 e. The summed E-state index contributed by atoms with van der Waals surface area (Å²) < 4.78 is 10.6. The predicted octanol–water partition coefficient (Wildman–Crippen LogP) is 3.44. The monoisotopic (exact) mass is 395 g/mol. The minimum Gasteiger partial charge on any atom is -0.489 e. The highest BCUT2D eigenvalue weighted by Crippen LogP contribution is 2.15. The third kappa shape index (κ3) is 5.52. The molecule has 2 amide bonds. The molecule has 0 atom stereocenters. The van der Waals surface area contributed by atoms with Gasteiger partial charge in [0.2, 0.25) is 0 Å². The molecule has 1 N–H and O–H groups in total. The Morgan fingerprint density at radius 3 is 2.32 bits per heavy atom. The molecule has 28 heavy (non-hydrogen) atoms. The van der Waals surface area contributed by atoms with Gasteiger partial charge in [-0.15, -0.1) is 11.3 Å². The van der Waals surface area contributed by atoms with E-state index in [1.807, 2.05) is 30.3 Å². The van der Waals surface area contributed by atoms with E-state index in [9.17, 15) is 14.4 Å². The summed E-state index contributed by atoms with van der Waals surface area (Å²) in [7, 11) is 0. The van der Waals surface area contributed by atoms with Crippen LogP contribution in [0.25, 0.3) is 0 Å². The number of carbonyl (C=O) groups is 3. The molecule has 0 spiro atoms. The highest BCUT2D eigenvalue weighted by atomic mass is 32.1. The molecule has 6 nitrogen and oxygen atoms in total. The molecule has 0 saturated heterocycles. The fraction of sp³-hybridized carbons (Fsp3) is 0.0952. The number of rotatable bonds is 7. The zero-order valence-electron chi connectivity index (χ0n) is 14.8. The Hall–Kier alpha value is -3.45. The summed E-state index contributed by atoms with van der Waals surface area (Å²) in [6.07, 6.45) is 0. The van der Waals surface area contributed by atoms with Crippen molar-refractivity contribution in [3.8, 4) is 5.75 Å². The van der Waals surface area contributed by atoms with Crippen molar-refractivity contribution >= 4 is 29.1 Å². The van der Waals surface area contributed by atoms with Gasteiger partial charge in [-0.2, -0.15) is 0 Å². The molecule has 3 rings (SSSR count). The Balaban J connectivity index is 1.45. The zero-order valence-corrected chi connectivity index (χ0v) is 15.6. The van der Waals surface area contributed by atoms with E-state index >= 15 is 0 Å². The predicted molar refractivity (Wildman–Crippen MR) is 104 cm³/mol. The van der Waals surface area contributed by atoms with Crippen molar-refractivity contribution in [3.63, 3.8) is 0 Å². The van der Waals surface area contributed by atoms with Crippen LogP contribution in [0.2, 0.25) is 0 Å². The van der Waals surface area contributed by atoms with Crippen LogP contribution in [0, 0.1) is 0 Å². The lowest BCUT2D eigenvalue weighted by Crippen LogP contribution is -2.33. The topological polar surface area (TPSA) is 81.7 Å². The van der Waals surface area contributed by atoms with Crippen molar-refractivity contribution in [1.82, 2.24) is 5.32 Å². The van der Waals surface area contributed by atoms with E-state index in [4.69, 9.17) is 9.47 Å². The van der Waals surface area contributed by atoms with E-state index in [0.717, 1.165) is 5.56 Å². The number of benzene rings is 2. The van der Waals surface area contributed by atoms with E-state index in [1.54, 1.807) is 41.8 Å². The molecule has 2 aromatic carbocycles. The quantitative estimate of drug-likeness (QED) is 0.620. The van der Waals surface area contributed by atoms with Crippen LogP contribution >= 0.6 is 11.3 Å². The van der Waals surface area contributed by atoms with Crippen LogP contribution in [0.4, 0.5) is 0 Å². The molecule has 1 heterocycles. The minimum atomic E-state index is -0.686. The summed E-state index contributed by atoms with van der Waals surface area (Å²) in [4.78, 5) is 35.9. The molecule has 1 aromatic heterocycles. The normalized spacial score (nSPS) is 10.1. The third-order valence-corrected chi connectivity index (χ3v) is 4.54. The van der Waals surface area contributed by atoms with E-state index in [1.165, 1.54) is 11.3 Å². The van der Waals surface area contributed by atoms with Gasteiger partial charge in [-0.05, 0) is 41.3 Å². The average Bonchev–Trinajstić information content (AvgIpc) is 3.27. The first-order valence-corrected chi connectivity index (χ1v) is 9.31. The summed E-state index contributed by atoms with van der Waals surface area (Å²) in [5.74, 6) is -1.25. The molecule has 0 bridgehead atoms. The van der Waals surface area contributed by atoms with Crippen molar-refractivity contribution in [1.29, 1.82) is 0 Å². The van der Waals surface area contributed by atoms with Crippen molar-refractivity contribution < 1.29 is 23.9 Å². The second-order valence-electron chi connectivity index (χ2n) is 5.73. The first kappa shape index (κ1) is 19.3. The molecule has 0 aliphatic carbocycles. The molecule has 0 radical (unpaired) electrons. The third-order valence-electron chi connectivity index (χ3n) is 3.67. The molecule has 142 valence electrons. The first-order valence-electron chi connectivity index (χ1n) is 8.43. The van der Waals surface area contributed by atoms with Crippen LogP contribution < -0.4 is 10.1 Å². The molecule has 0 fully saturated rings. The van der Waals surface area contributed by atoms with Crippen molar-refractivity contribution in [2.75, 3.05) is 6.61 Å². The van der Waals surface area contributed by atoms with E-state index in [-0.39, 0.29) is 5.56 Å². The number of thiophene rings is 1. The van der Waals surface area contributed by atoms with E-state index < -0.39 is 24.4 Å². The van der Waals surface area contributed by atoms with Crippen LogP contribution in [0.3, 0.4) is 0 Å². The standard InChI is InChI=1S/C21H17NO5S/c23-19(22-20(24)18-7-4-12-28-18)14-27-21(25)16-8-10-17(11-9-16)26-13-15-5-2-1-3-6-15/h1-12H,13-14H2,(H,22,23,24). The maximum atomic E-state index is 12.0. The second kappa shape index (κ2) is 9.48. The Labute approximate surface area is 165 Å². The number of hydrogen-bond acceptors (Lipinski definition) is 6. The lowest BCUT2D eigenvalue weighted by molar-refractivity contribution is -0.123. The van der Waals surface area contributed by atoms with Gasteiger partial charge in [0.15, 0.2) is 6.61 Å². The van der Waals surface area contributed by atoms with E-state index in [0.29, 0.717) is 17.2 Å². The Bertz CT molecular complexity index is 937.